The Bertz CT molecular complexity index is 176. The van der Waals surface area contributed by atoms with Crippen molar-refractivity contribution in [3.05, 3.63) is 10.5 Å². The van der Waals surface area contributed by atoms with Crippen molar-refractivity contribution in [3.63, 3.8) is 0 Å². The molecule has 1 aromatic rings. The van der Waals surface area contributed by atoms with Crippen molar-refractivity contribution in [1.82, 2.24) is 10.2 Å². The number of alkyl halides is 1. The summed E-state index contributed by atoms with van der Waals surface area (Å²) in [6, 6.07) is 0. The van der Waals surface area contributed by atoms with Gasteiger partial charge in [-0.25, -0.2) is 4.39 Å². The zero-order valence-corrected chi connectivity index (χ0v) is 6.57. The molecule has 0 N–H and O–H groups in total. The second-order valence-corrected chi connectivity index (χ2v) is 2.90. The maximum absolute atomic E-state index is 12.9. The number of aromatic nitrogens is 2. The summed E-state index contributed by atoms with van der Waals surface area (Å²) in [5, 5.41) is 7.68. The van der Waals surface area contributed by atoms with E-state index in [0.29, 0.717) is 11.4 Å². The van der Waals surface area contributed by atoms with E-state index in [2.05, 4.69) is 10.2 Å². The van der Waals surface area contributed by atoms with Crippen molar-refractivity contribution in [1.29, 1.82) is 0 Å². The maximum atomic E-state index is 12.9. The molecule has 1 aromatic heterocycles. The normalized spacial score (nSPS) is 13.4. The van der Waals surface area contributed by atoms with Crippen molar-refractivity contribution in [3.8, 4) is 0 Å². The molecule has 0 saturated carbocycles. The van der Waals surface area contributed by atoms with Gasteiger partial charge in [-0.2, -0.15) is 0 Å². The smallest absolute Gasteiger partial charge is 0.153 e. The average Bonchev–Trinajstić information content (AvgIpc) is 2.38. The van der Waals surface area contributed by atoms with Crippen LogP contribution in [0.15, 0.2) is 5.51 Å². The molecule has 2 nitrogen and oxygen atoms in total. The van der Waals surface area contributed by atoms with E-state index >= 15 is 0 Å². The average molecular weight is 160 g/mol. The number of halogens is 1. The molecule has 1 atom stereocenters. The summed E-state index contributed by atoms with van der Waals surface area (Å²) in [6.45, 7) is 1.95. The van der Waals surface area contributed by atoms with E-state index in [1.165, 1.54) is 11.3 Å². The highest BCUT2D eigenvalue weighted by Gasteiger charge is 2.10. The van der Waals surface area contributed by atoms with Crippen molar-refractivity contribution >= 4 is 11.3 Å². The van der Waals surface area contributed by atoms with E-state index in [-0.39, 0.29) is 0 Å². The topological polar surface area (TPSA) is 25.8 Å². The lowest BCUT2D eigenvalue weighted by Crippen LogP contribution is -1.89. The molecule has 1 unspecified atom stereocenters. The van der Waals surface area contributed by atoms with Crippen LogP contribution in [0.25, 0.3) is 0 Å². The minimum absolute atomic E-state index is 0.502. The Balaban J connectivity index is 2.50. The lowest BCUT2D eigenvalue weighted by Gasteiger charge is -1.98. The Hall–Kier alpha value is -0.510. The zero-order valence-electron chi connectivity index (χ0n) is 5.75. The van der Waals surface area contributed by atoms with E-state index in [4.69, 9.17) is 0 Å². The fourth-order valence-electron chi connectivity index (χ4n) is 0.695. The fourth-order valence-corrected chi connectivity index (χ4v) is 1.26. The molecule has 56 valence electrons. The number of nitrogens with zero attached hydrogens (tertiary/aromatic N) is 2. The zero-order chi connectivity index (χ0) is 7.40. The first-order chi connectivity index (χ1) is 4.84. The van der Waals surface area contributed by atoms with Crippen molar-refractivity contribution in [2.45, 2.75) is 25.9 Å². The number of rotatable bonds is 3. The molecule has 0 bridgehead atoms. The highest BCUT2D eigenvalue weighted by atomic mass is 32.1. The van der Waals surface area contributed by atoms with Gasteiger partial charge in [0.25, 0.3) is 0 Å². The molecule has 1 heterocycles. The number of hydrogen-bond acceptors (Lipinski definition) is 3. The van der Waals surface area contributed by atoms with Gasteiger partial charge in [-0.3, -0.25) is 0 Å². The molecule has 0 amide bonds. The van der Waals surface area contributed by atoms with Crippen LogP contribution in [0, 0.1) is 0 Å². The Morgan fingerprint density at radius 1 is 1.80 bits per heavy atom. The van der Waals surface area contributed by atoms with Crippen LogP contribution in [-0.2, 0) is 0 Å². The Kier molecular flexibility index (Phi) is 2.74. The van der Waals surface area contributed by atoms with Gasteiger partial charge < -0.3 is 0 Å². The SMILES string of the molecule is CCCC(F)c1nncs1. The van der Waals surface area contributed by atoms with Crippen LogP contribution in [0.3, 0.4) is 0 Å². The lowest BCUT2D eigenvalue weighted by molar-refractivity contribution is 0.318. The van der Waals surface area contributed by atoms with Crippen molar-refractivity contribution in [2.75, 3.05) is 0 Å². The molecule has 0 radical (unpaired) electrons. The molecular weight excluding hydrogens is 151 g/mol. The molecule has 0 fully saturated rings. The maximum Gasteiger partial charge on any atom is 0.153 e. The third-order valence-corrected chi connectivity index (χ3v) is 1.97. The molecular formula is C6H9FN2S. The predicted octanol–water partition coefficient (Wildman–Crippen LogP) is 2.35. The van der Waals surface area contributed by atoms with Gasteiger partial charge in [0.2, 0.25) is 0 Å². The van der Waals surface area contributed by atoms with Crippen LogP contribution in [0.4, 0.5) is 4.39 Å². The van der Waals surface area contributed by atoms with Crippen LogP contribution in [-0.4, -0.2) is 10.2 Å². The summed E-state index contributed by atoms with van der Waals surface area (Å²) in [7, 11) is 0. The van der Waals surface area contributed by atoms with Crippen LogP contribution < -0.4 is 0 Å². The first-order valence-electron chi connectivity index (χ1n) is 3.24. The molecule has 0 aliphatic carbocycles. The number of hydrogen-bond donors (Lipinski definition) is 0. The van der Waals surface area contributed by atoms with Crippen molar-refractivity contribution in [2.24, 2.45) is 0 Å². The van der Waals surface area contributed by atoms with E-state index in [1.54, 1.807) is 5.51 Å². The van der Waals surface area contributed by atoms with Crippen LogP contribution in [0.2, 0.25) is 0 Å². The highest BCUT2D eigenvalue weighted by Crippen LogP contribution is 2.22. The quantitative estimate of drug-likeness (QED) is 0.678. The van der Waals surface area contributed by atoms with Gasteiger partial charge in [-0.15, -0.1) is 21.5 Å². The third kappa shape index (κ3) is 1.73. The summed E-state index contributed by atoms with van der Waals surface area (Å²) in [5.41, 5.74) is 1.55. The van der Waals surface area contributed by atoms with Crippen LogP contribution in [0.5, 0.6) is 0 Å². The van der Waals surface area contributed by atoms with Gasteiger partial charge in [0.1, 0.15) is 5.51 Å². The van der Waals surface area contributed by atoms with E-state index in [0.717, 1.165) is 6.42 Å². The molecule has 0 saturated heterocycles. The van der Waals surface area contributed by atoms with E-state index < -0.39 is 6.17 Å². The highest BCUT2D eigenvalue weighted by molar-refractivity contribution is 7.09. The summed E-state index contributed by atoms with van der Waals surface area (Å²) < 4.78 is 12.9. The van der Waals surface area contributed by atoms with Crippen LogP contribution >= 0.6 is 11.3 Å². The fraction of sp³-hybridized carbons (Fsp3) is 0.667. The standard InChI is InChI=1S/C6H9FN2S/c1-2-3-5(7)6-9-8-4-10-6/h4-5H,2-3H2,1H3. The van der Waals surface area contributed by atoms with Crippen molar-refractivity contribution < 1.29 is 4.39 Å². The van der Waals surface area contributed by atoms with Gasteiger partial charge in [-0.05, 0) is 6.42 Å². The molecule has 0 spiro atoms. The second-order valence-electron chi connectivity index (χ2n) is 2.03. The Morgan fingerprint density at radius 2 is 2.60 bits per heavy atom. The van der Waals surface area contributed by atoms with E-state index in [9.17, 15) is 4.39 Å². The lowest BCUT2D eigenvalue weighted by atomic mass is 10.2. The summed E-state index contributed by atoms with van der Waals surface area (Å²) >= 11 is 1.27. The first kappa shape index (κ1) is 7.60. The predicted molar refractivity (Wildman–Crippen MR) is 38.7 cm³/mol. The second kappa shape index (κ2) is 3.61. The van der Waals surface area contributed by atoms with E-state index in [1.807, 2.05) is 6.92 Å². The first-order valence-corrected chi connectivity index (χ1v) is 4.12. The monoisotopic (exact) mass is 160 g/mol. The largest absolute Gasteiger partial charge is 0.240 e. The minimum atomic E-state index is -0.905. The summed E-state index contributed by atoms with van der Waals surface area (Å²) in [4.78, 5) is 0. The van der Waals surface area contributed by atoms with Gasteiger partial charge in [0.15, 0.2) is 11.2 Å². The summed E-state index contributed by atoms with van der Waals surface area (Å²) in [6.07, 6.45) is 0.494. The Labute approximate surface area is 63.1 Å². The van der Waals surface area contributed by atoms with Gasteiger partial charge in [0.05, 0.1) is 0 Å². The van der Waals surface area contributed by atoms with Gasteiger partial charge in [-0.1, -0.05) is 13.3 Å². The van der Waals surface area contributed by atoms with Gasteiger partial charge >= 0.3 is 0 Å². The molecule has 10 heavy (non-hydrogen) atoms. The molecule has 0 aliphatic heterocycles. The third-order valence-electron chi connectivity index (χ3n) is 1.19. The van der Waals surface area contributed by atoms with Crippen LogP contribution in [0.1, 0.15) is 30.9 Å². The summed E-state index contributed by atoms with van der Waals surface area (Å²) in [5.74, 6) is 0. The van der Waals surface area contributed by atoms with Gasteiger partial charge in [0, 0.05) is 0 Å². The molecule has 0 aromatic carbocycles. The molecule has 1 rings (SSSR count). The minimum Gasteiger partial charge on any atom is -0.240 e. The molecule has 4 heteroatoms. The molecule has 0 aliphatic rings. The Morgan fingerprint density at radius 3 is 3.10 bits per heavy atom.